The van der Waals surface area contributed by atoms with E-state index in [2.05, 4.69) is 9.47 Å². The second kappa shape index (κ2) is 6.83. The highest BCUT2D eigenvalue weighted by Crippen LogP contribution is 2.37. The number of esters is 2. The quantitative estimate of drug-likeness (QED) is 0.439. The van der Waals surface area contributed by atoms with E-state index < -0.39 is 69.2 Å². The van der Waals surface area contributed by atoms with Gasteiger partial charge in [0.2, 0.25) is 0 Å². The van der Waals surface area contributed by atoms with Gasteiger partial charge in [-0.05, 0) is 0 Å². The van der Waals surface area contributed by atoms with Gasteiger partial charge in [-0.25, -0.2) is 13.2 Å². The maximum Gasteiger partial charge on any atom is 0.471 e. The molecule has 0 saturated carbocycles. The molecule has 10 nitrogen and oxygen atoms in total. The van der Waals surface area contributed by atoms with Gasteiger partial charge in [0.15, 0.2) is 15.2 Å². The van der Waals surface area contributed by atoms with Crippen LogP contribution >= 0.6 is 0 Å². The minimum Gasteiger partial charge on any atom is -0.464 e. The Hall–Kier alpha value is -2.64. The molecule has 2 atom stereocenters. The molecule has 0 aromatic carbocycles. The Kier molecular flexibility index (Phi) is 5.23. The van der Waals surface area contributed by atoms with Crippen LogP contribution in [0.3, 0.4) is 0 Å². The zero-order chi connectivity index (χ0) is 20.7. The van der Waals surface area contributed by atoms with Crippen LogP contribution in [0.25, 0.3) is 0 Å². The SMILES string of the molecule is COC(=O)C1=C(COC(C)=O)CS(=O)(=O)C2[C@H](NC(=O)C(F)(F)F)C(=O)N12. The maximum atomic E-state index is 12.4. The van der Waals surface area contributed by atoms with Crippen LogP contribution in [0.5, 0.6) is 0 Å². The van der Waals surface area contributed by atoms with Crippen molar-refractivity contribution in [3.63, 3.8) is 0 Å². The van der Waals surface area contributed by atoms with Crippen LogP contribution in [0.1, 0.15) is 6.92 Å². The predicted molar refractivity (Wildman–Crippen MR) is 78.1 cm³/mol. The highest BCUT2D eigenvalue weighted by atomic mass is 32.2. The van der Waals surface area contributed by atoms with Crippen molar-refractivity contribution in [3.05, 3.63) is 11.3 Å². The van der Waals surface area contributed by atoms with Crippen molar-refractivity contribution < 1.29 is 50.2 Å². The number of methoxy groups -OCH3 is 1. The van der Waals surface area contributed by atoms with Gasteiger partial charge in [-0.15, -0.1) is 0 Å². The molecule has 0 aromatic heterocycles. The largest absolute Gasteiger partial charge is 0.471 e. The third kappa shape index (κ3) is 3.74. The molecule has 150 valence electrons. The molecule has 14 heteroatoms. The zero-order valence-electron chi connectivity index (χ0n) is 13.8. The number of rotatable bonds is 4. The molecule has 2 aliphatic heterocycles. The van der Waals surface area contributed by atoms with Crippen LogP contribution in [-0.2, 0) is 38.5 Å². The van der Waals surface area contributed by atoms with E-state index in [-0.39, 0.29) is 5.57 Å². The lowest BCUT2D eigenvalue weighted by Gasteiger charge is -2.49. The molecule has 1 fully saturated rings. The number of carbonyl (C=O) groups excluding carboxylic acids is 4. The van der Waals surface area contributed by atoms with Gasteiger partial charge in [-0.3, -0.25) is 19.3 Å². The molecule has 0 bridgehead atoms. The summed E-state index contributed by atoms with van der Waals surface area (Å²) in [6.45, 7) is 0.380. The van der Waals surface area contributed by atoms with Crippen molar-refractivity contribution in [2.24, 2.45) is 0 Å². The lowest BCUT2D eigenvalue weighted by atomic mass is 10.0. The minimum atomic E-state index is -5.33. The number of hydrogen-bond acceptors (Lipinski definition) is 8. The molecule has 1 saturated heterocycles. The molecule has 0 aliphatic carbocycles. The van der Waals surface area contributed by atoms with E-state index in [0.29, 0.717) is 4.90 Å². The number of ether oxygens (including phenoxy) is 2. The van der Waals surface area contributed by atoms with E-state index in [1.807, 2.05) is 0 Å². The molecule has 2 aliphatic rings. The number of nitrogens with zero attached hydrogens (tertiary/aromatic N) is 1. The number of β-lactam (4-membered cyclic amide) rings is 1. The van der Waals surface area contributed by atoms with Gasteiger partial charge in [0, 0.05) is 12.5 Å². The van der Waals surface area contributed by atoms with E-state index in [0.717, 1.165) is 14.0 Å². The van der Waals surface area contributed by atoms with E-state index in [1.54, 1.807) is 0 Å². The number of halogens is 3. The molecule has 2 heterocycles. The van der Waals surface area contributed by atoms with Crippen molar-refractivity contribution in [3.8, 4) is 0 Å². The minimum absolute atomic E-state index is 0.276. The van der Waals surface area contributed by atoms with Gasteiger partial charge >= 0.3 is 24.0 Å². The Morgan fingerprint density at radius 2 is 1.89 bits per heavy atom. The normalized spacial score (nSPS) is 23.9. The molecular weight excluding hydrogens is 401 g/mol. The Balaban J connectivity index is 2.42. The molecule has 0 aromatic rings. The van der Waals surface area contributed by atoms with Crippen LogP contribution in [0.4, 0.5) is 13.2 Å². The summed E-state index contributed by atoms with van der Waals surface area (Å²) in [4.78, 5) is 46.6. The summed E-state index contributed by atoms with van der Waals surface area (Å²) in [5.74, 6) is -6.56. The van der Waals surface area contributed by atoms with Crippen LogP contribution in [0.15, 0.2) is 11.3 Å². The van der Waals surface area contributed by atoms with Crippen molar-refractivity contribution in [2.45, 2.75) is 24.5 Å². The molecule has 2 rings (SSSR count). The van der Waals surface area contributed by atoms with Crippen LogP contribution in [0.2, 0.25) is 0 Å². The van der Waals surface area contributed by atoms with Crippen LogP contribution in [-0.4, -0.2) is 74.1 Å². The highest BCUT2D eigenvalue weighted by Gasteiger charge is 2.61. The fraction of sp³-hybridized carbons (Fsp3) is 0.538. The maximum absolute atomic E-state index is 12.4. The molecule has 27 heavy (non-hydrogen) atoms. The smallest absolute Gasteiger partial charge is 0.464 e. The van der Waals surface area contributed by atoms with Gasteiger partial charge in [0.1, 0.15) is 18.3 Å². The fourth-order valence-electron chi connectivity index (χ4n) is 2.63. The number of hydrogen-bond donors (Lipinski definition) is 1. The average Bonchev–Trinajstić information content (AvgIpc) is 2.54. The number of carbonyl (C=O) groups is 4. The average molecular weight is 414 g/mol. The molecular formula is C13H13F3N2O8S. The topological polar surface area (TPSA) is 136 Å². The number of fused-ring (bicyclic) bond motifs is 1. The van der Waals surface area contributed by atoms with Crippen molar-refractivity contribution in [2.75, 3.05) is 19.5 Å². The van der Waals surface area contributed by atoms with Gasteiger partial charge < -0.3 is 14.8 Å². The van der Waals surface area contributed by atoms with Gasteiger partial charge in [-0.1, -0.05) is 0 Å². The Morgan fingerprint density at radius 1 is 1.30 bits per heavy atom. The predicted octanol–water partition coefficient (Wildman–Crippen LogP) is -1.38. The molecule has 0 spiro atoms. The summed E-state index contributed by atoms with van der Waals surface area (Å²) >= 11 is 0. The lowest BCUT2D eigenvalue weighted by molar-refractivity contribution is -0.177. The van der Waals surface area contributed by atoms with Gasteiger partial charge in [0.05, 0.1) is 12.9 Å². The number of alkyl halides is 3. The van der Waals surface area contributed by atoms with Crippen molar-refractivity contribution in [1.29, 1.82) is 0 Å². The lowest BCUT2D eigenvalue weighted by Crippen LogP contribution is -2.75. The first-order valence-corrected chi connectivity index (χ1v) is 8.88. The number of amides is 2. The summed E-state index contributed by atoms with van der Waals surface area (Å²) in [6, 6.07) is -2.01. The molecule has 1 unspecified atom stereocenters. The first kappa shape index (κ1) is 20.7. The second-order valence-electron chi connectivity index (χ2n) is 5.58. The summed E-state index contributed by atoms with van der Waals surface area (Å²) < 4.78 is 71.1. The summed E-state index contributed by atoms with van der Waals surface area (Å²) in [6.07, 6.45) is -5.33. The number of sulfone groups is 1. The van der Waals surface area contributed by atoms with Gasteiger partial charge in [-0.2, -0.15) is 13.2 Å². The summed E-state index contributed by atoms with van der Waals surface area (Å²) in [5, 5.41) is -0.602. The monoisotopic (exact) mass is 414 g/mol. The van der Waals surface area contributed by atoms with Crippen LogP contribution < -0.4 is 5.32 Å². The third-order valence-corrected chi connectivity index (χ3v) is 5.70. The van der Waals surface area contributed by atoms with E-state index in [1.165, 1.54) is 5.32 Å². The molecule has 0 radical (unpaired) electrons. The Bertz CT molecular complexity index is 848. The first-order valence-electron chi connectivity index (χ1n) is 7.17. The van der Waals surface area contributed by atoms with Crippen molar-refractivity contribution >= 4 is 33.6 Å². The standard InChI is InChI=1S/C13H13F3N2O8S/c1-5(19)26-3-6-4-27(23,24)10-7(17-12(22)13(14,15)16)9(20)18(10)8(6)11(21)25-2/h7,10H,3-4H2,1-2H3,(H,17,22)/t7-,10?/m1/s1. The number of nitrogens with one attached hydrogen (secondary N) is 1. The second-order valence-corrected chi connectivity index (χ2v) is 7.68. The fourth-order valence-corrected chi connectivity index (χ4v) is 4.64. The summed E-state index contributed by atoms with van der Waals surface area (Å²) in [7, 11) is -3.37. The Morgan fingerprint density at radius 3 is 2.37 bits per heavy atom. The highest BCUT2D eigenvalue weighted by molar-refractivity contribution is 7.92. The van der Waals surface area contributed by atoms with Gasteiger partial charge in [0.25, 0.3) is 5.91 Å². The zero-order valence-corrected chi connectivity index (χ0v) is 14.6. The molecule has 2 amide bonds. The van der Waals surface area contributed by atoms with Crippen LogP contribution in [0, 0.1) is 0 Å². The van der Waals surface area contributed by atoms with E-state index in [4.69, 9.17) is 0 Å². The van der Waals surface area contributed by atoms with E-state index >= 15 is 0 Å². The van der Waals surface area contributed by atoms with E-state index in [9.17, 15) is 40.8 Å². The van der Waals surface area contributed by atoms with Crippen molar-refractivity contribution in [1.82, 2.24) is 10.2 Å². The summed E-state index contributed by atoms with van der Waals surface area (Å²) in [5.41, 5.74) is -0.830. The first-order chi connectivity index (χ1) is 12.3. The Labute approximate surface area is 150 Å². The third-order valence-electron chi connectivity index (χ3n) is 3.73. The molecule has 1 N–H and O–H groups in total.